The summed E-state index contributed by atoms with van der Waals surface area (Å²) in [5.74, 6) is 0.223. The van der Waals surface area contributed by atoms with Crippen molar-refractivity contribution in [3.8, 4) is 0 Å². The maximum atomic E-state index is 12.8. The van der Waals surface area contributed by atoms with E-state index in [1.165, 1.54) is 17.0 Å². The number of carbonyl (C=O) groups excluding carboxylic acids is 2. The molecule has 0 fully saturated rings. The van der Waals surface area contributed by atoms with Crippen LogP contribution in [0.5, 0.6) is 0 Å². The molecule has 0 saturated carbocycles. The number of carbonyl (C=O) groups is 2. The lowest BCUT2D eigenvalue weighted by atomic mass is 10.1. The average Bonchev–Trinajstić information content (AvgIpc) is 2.85. The minimum atomic E-state index is -3.61. The highest BCUT2D eigenvalue weighted by Crippen LogP contribution is 2.33. The third-order valence-corrected chi connectivity index (χ3v) is 7.08. The van der Waals surface area contributed by atoms with Crippen LogP contribution in [0.25, 0.3) is 0 Å². The molecule has 0 bridgehead atoms. The summed E-state index contributed by atoms with van der Waals surface area (Å²) in [4.78, 5) is 37.4. The van der Waals surface area contributed by atoms with Crippen LogP contribution in [0, 0.1) is 0 Å². The van der Waals surface area contributed by atoms with Crippen LogP contribution in [0.2, 0.25) is 0 Å². The Morgan fingerprint density at radius 2 is 1.78 bits per heavy atom. The van der Waals surface area contributed by atoms with Gasteiger partial charge in [-0.15, -0.1) is 0 Å². The number of rotatable bonds is 7. The Bertz CT molecular complexity index is 1440. The second-order valence-electron chi connectivity index (χ2n) is 9.10. The Morgan fingerprint density at radius 3 is 2.43 bits per heavy atom. The van der Waals surface area contributed by atoms with Crippen molar-refractivity contribution in [2.24, 2.45) is 5.73 Å². The van der Waals surface area contributed by atoms with E-state index in [1.54, 1.807) is 43.6 Å². The minimum absolute atomic E-state index is 0.00632. The molecule has 1 aromatic heterocycles. The van der Waals surface area contributed by atoms with E-state index in [0.717, 1.165) is 6.26 Å². The van der Waals surface area contributed by atoms with Crippen molar-refractivity contribution in [1.29, 1.82) is 0 Å². The largest absolute Gasteiger partial charge is 0.343 e. The Labute approximate surface area is 215 Å². The zero-order chi connectivity index (χ0) is 26.9. The third-order valence-electron chi connectivity index (χ3n) is 5.99. The van der Waals surface area contributed by atoms with Gasteiger partial charge in [-0.05, 0) is 37.6 Å². The first kappa shape index (κ1) is 26.0. The van der Waals surface area contributed by atoms with E-state index in [-0.39, 0.29) is 35.0 Å². The third kappa shape index (κ3) is 5.70. The molecule has 4 rings (SSSR count). The Kier molecular flexibility index (Phi) is 7.14. The smallest absolute Gasteiger partial charge is 0.246 e. The number of benzene rings is 2. The summed E-state index contributed by atoms with van der Waals surface area (Å²) in [6.07, 6.45) is 2.62. The van der Waals surface area contributed by atoms with E-state index in [1.807, 2.05) is 24.8 Å². The molecular formula is C25H29N7O4S. The normalized spacial score (nSPS) is 14.4. The van der Waals surface area contributed by atoms with Crippen LogP contribution in [-0.2, 0) is 19.4 Å². The molecular weight excluding hydrogens is 494 g/mol. The van der Waals surface area contributed by atoms with Crippen LogP contribution in [0.1, 0.15) is 25.5 Å². The lowest BCUT2D eigenvalue weighted by Crippen LogP contribution is -2.47. The van der Waals surface area contributed by atoms with Gasteiger partial charge in [-0.1, -0.05) is 30.3 Å². The molecule has 1 aliphatic rings. The number of nitrogens with one attached hydrogen (secondary N) is 2. The van der Waals surface area contributed by atoms with E-state index >= 15 is 0 Å². The number of nitrogens with two attached hydrogens (primary N) is 1. The number of nitrogens with zero attached hydrogens (tertiary/aromatic N) is 4. The summed E-state index contributed by atoms with van der Waals surface area (Å²) in [6, 6.07) is 12.3. The van der Waals surface area contributed by atoms with E-state index in [9.17, 15) is 18.0 Å². The molecule has 11 nitrogen and oxygen atoms in total. The maximum Gasteiger partial charge on any atom is 0.246 e. The standard InChI is InChI=1S/C25H29N7O4S/c1-15(2)32-14-21(33)31(3)20-13-27-25(30-23(20)32)29-18-10-17(11-19(12-18)37(4,35)36)28-24(34)22(26)16-8-6-5-7-9-16/h5-13,15,22H,14,26H2,1-4H3,(H,28,34)(H,27,29,30)/t22-/m1/s1. The van der Waals surface area contributed by atoms with Gasteiger partial charge in [-0.2, -0.15) is 4.98 Å². The van der Waals surface area contributed by atoms with Gasteiger partial charge in [0.15, 0.2) is 15.7 Å². The highest BCUT2D eigenvalue weighted by atomic mass is 32.2. The van der Waals surface area contributed by atoms with Crippen LogP contribution < -0.4 is 26.2 Å². The van der Waals surface area contributed by atoms with Gasteiger partial charge in [-0.3, -0.25) is 9.59 Å². The molecule has 0 aliphatic carbocycles. The fourth-order valence-corrected chi connectivity index (χ4v) is 4.56. The predicted octanol–water partition coefficient (Wildman–Crippen LogP) is 2.45. The Morgan fingerprint density at radius 1 is 1.11 bits per heavy atom. The fraction of sp³-hybridized carbons (Fsp3) is 0.280. The van der Waals surface area contributed by atoms with E-state index < -0.39 is 21.8 Å². The summed E-state index contributed by atoms with van der Waals surface area (Å²) in [5, 5.41) is 5.73. The summed E-state index contributed by atoms with van der Waals surface area (Å²) < 4.78 is 24.7. The number of likely N-dealkylation sites (N-methyl/N-ethyl adjacent to an activating group) is 1. The molecule has 0 saturated heterocycles. The molecule has 0 radical (unpaired) electrons. The molecule has 4 N–H and O–H groups in total. The molecule has 37 heavy (non-hydrogen) atoms. The molecule has 194 valence electrons. The van der Waals surface area contributed by atoms with Gasteiger partial charge in [0.1, 0.15) is 11.7 Å². The van der Waals surface area contributed by atoms with Gasteiger partial charge < -0.3 is 26.2 Å². The number of fused-ring (bicyclic) bond motifs is 1. The van der Waals surface area contributed by atoms with Gasteiger partial charge in [0.2, 0.25) is 17.8 Å². The molecule has 0 unspecified atom stereocenters. The highest BCUT2D eigenvalue weighted by molar-refractivity contribution is 7.90. The predicted molar refractivity (Wildman–Crippen MR) is 143 cm³/mol. The van der Waals surface area contributed by atoms with Crippen molar-refractivity contribution in [3.63, 3.8) is 0 Å². The molecule has 0 spiro atoms. The summed E-state index contributed by atoms with van der Waals surface area (Å²) >= 11 is 0. The van der Waals surface area contributed by atoms with Crippen molar-refractivity contribution in [3.05, 3.63) is 60.3 Å². The SMILES string of the molecule is CC(C)N1CC(=O)N(C)c2cnc(Nc3cc(NC(=O)[C@H](N)c4ccccc4)cc(S(C)(=O)=O)c3)nc21. The minimum Gasteiger partial charge on any atom is -0.343 e. The van der Waals surface area contributed by atoms with Gasteiger partial charge in [0.05, 0.1) is 17.6 Å². The fourth-order valence-electron chi connectivity index (χ4n) is 3.88. The van der Waals surface area contributed by atoms with Crippen LogP contribution in [0.3, 0.4) is 0 Å². The Hall–Kier alpha value is -4.03. The molecule has 3 aromatic rings. The molecule has 1 atom stereocenters. The van der Waals surface area contributed by atoms with Gasteiger partial charge >= 0.3 is 0 Å². The topological polar surface area (TPSA) is 151 Å². The van der Waals surface area contributed by atoms with Gasteiger partial charge in [0, 0.05) is 30.7 Å². The van der Waals surface area contributed by atoms with Gasteiger partial charge in [0.25, 0.3) is 0 Å². The van der Waals surface area contributed by atoms with Crippen LogP contribution in [0.15, 0.2) is 59.6 Å². The quantitative estimate of drug-likeness (QED) is 0.424. The number of anilines is 5. The van der Waals surface area contributed by atoms with E-state index in [2.05, 4.69) is 20.6 Å². The maximum absolute atomic E-state index is 12.8. The number of sulfone groups is 1. The first-order valence-electron chi connectivity index (χ1n) is 11.6. The van der Waals surface area contributed by atoms with Crippen molar-refractivity contribution in [2.45, 2.75) is 30.8 Å². The summed E-state index contributed by atoms with van der Waals surface area (Å²) in [6.45, 7) is 4.10. The summed E-state index contributed by atoms with van der Waals surface area (Å²) in [7, 11) is -1.95. The zero-order valence-electron chi connectivity index (χ0n) is 21.0. The van der Waals surface area contributed by atoms with E-state index in [4.69, 9.17) is 5.73 Å². The molecule has 2 heterocycles. The Balaban J connectivity index is 1.66. The first-order valence-corrected chi connectivity index (χ1v) is 13.5. The van der Waals surface area contributed by atoms with Gasteiger partial charge in [-0.25, -0.2) is 13.4 Å². The summed E-state index contributed by atoms with van der Waals surface area (Å²) in [5.41, 5.74) is 7.89. The average molecular weight is 524 g/mol. The van der Waals surface area contributed by atoms with Crippen molar-refractivity contribution in [1.82, 2.24) is 9.97 Å². The second-order valence-corrected chi connectivity index (χ2v) is 11.1. The van der Waals surface area contributed by atoms with Crippen LogP contribution >= 0.6 is 0 Å². The van der Waals surface area contributed by atoms with Crippen molar-refractivity contribution < 1.29 is 18.0 Å². The van der Waals surface area contributed by atoms with Crippen molar-refractivity contribution in [2.75, 3.05) is 40.3 Å². The number of aromatic nitrogens is 2. The lowest BCUT2D eigenvalue weighted by molar-refractivity contribution is -0.118. The first-order chi connectivity index (χ1) is 17.4. The molecule has 2 aromatic carbocycles. The second kappa shape index (κ2) is 10.1. The van der Waals surface area contributed by atoms with Crippen LogP contribution in [-0.4, -0.2) is 56.1 Å². The van der Waals surface area contributed by atoms with Crippen LogP contribution in [0.4, 0.5) is 28.8 Å². The zero-order valence-corrected chi connectivity index (χ0v) is 21.8. The lowest BCUT2D eigenvalue weighted by Gasteiger charge is -2.36. The van der Waals surface area contributed by atoms with Crippen molar-refractivity contribution >= 4 is 50.5 Å². The highest BCUT2D eigenvalue weighted by Gasteiger charge is 2.30. The molecule has 1 aliphatic heterocycles. The number of amides is 2. The molecule has 12 heteroatoms. The monoisotopic (exact) mass is 523 g/mol. The number of hydrogen-bond donors (Lipinski definition) is 3. The van der Waals surface area contributed by atoms with E-state index in [0.29, 0.717) is 22.8 Å². The molecule has 2 amide bonds. The number of hydrogen-bond acceptors (Lipinski definition) is 9.